The van der Waals surface area contributed by atoms with Gasteiger partial charge in [0.2, 0.25) is 0 Å². The Morgan fingerprint density at radius 3 is 2.90 bits per heavy atom. The van der Waals surface area contributed by atoms with Crippen molar-refractivity contribution >= 4 is 23.6 Å². The minimum Gasteiger partial charge on any atom is -0.449 e. The van der Waals surface area contributed by atoms with E-state index in [1.807, 2.05) is 12.1 Å². The van der Waals surface area contributed by atoms with Gasteiger partial charge in [-0.05, 0) is 31.9 Å². The van der Waals surface area contributed by atoms with Crippen molar-refractivity contribution in [3.05, 3.63) is 29.8 Å². The van der Waals surface area contributed by atoms with Crippen LogP contribution in [0.25, 0.3) is 0 Å². The molecule has 5 nitrogen and oxygen atoms in total. The minimum atomic E-state index is -0.936. The highest BCUT2D eigenvalue weighted by molar-refractivity contribution is 7.99. The lowest BCUT2D eigenvalue weighted by Crippen LogP contribution is -2.30. The van der Waals surface area contributed by atoms with Crippen molar-refractivity contribution in [3.8, 4) is 0 Å². The molecule has 2 N–H and O–H groups in total. The van der Waals surface area contributed by atoms with E-state index in [4.69, 9.17) is 15.2 Å². The van der Waals surface area contributed by atoms with Crippen molar-refractivity contribution in [2.75, 3.05) is 12.4 Å². The summed E-state index contributed by atoms with van der Waals surface area (Å²) in [5.74, 6) is -0.389. The van der Waals surface area contributed by atoms with Gasteiger partial charge in [0, 0.05) is 17.3 Å². The fourth-order valence-electron chi connectivity index (χ4n) is 2.00. The van der Waals surface area contributed by atoms with Gasteiger partial charge in [0.1, 0.15) is 0 Å². The third kappa shape index (κ3) is 4.47. The number of ether oxygens (including phenoxy) is 2. The summed E-state index contributed by atoms with van der Waals surface area (Å²) in [5.41, 5.74) is 5.56. The molecule has 1 amide bonds. The number of carbonyl (C=O) groups excluding carboxylic acids is 2. The Morgan fingerprint density at radius 1 is 1.48 bits per heavy atom. The molecule has 114 valence electrons. The first kappa shape index (κ1) is 15.9. The van der Waals surface area contributed by atoms with E-state index in [1.54, 1.807) is 23.9 Å². The van der Waals surface area contributed by atoms with E-state index in [-0.39, 0.29) is 6.10 Å². The molecule has 2 unspecified atom stereocenters. The fraction of sp³-hybridized carbons (Fsp3) is 0.467. The van der Waals surface area contributed by atoms with Crippen LogP contribution in [0, 0.1) is 0 Å². The molecule has 1 saturated heterocycles. The molecule has 0 spiro atoms. The number of thioether (sulfide) groups is 1. The third-order valence-corrected chi connectivity index (χ3v) is 4.45. The molecular formula is C15H19NO4S. The van der Waals surface area contributed by atoms with Gasteiger partial charge in [-0.15, -0.1) is 11.8 Å². The summed E-state index contributed by atoms with van der Waals surface area (Å²) >= 11 is 1.57. The molecule has 1 fully saturated rings. The van der Waals surface area contributed by atoms with E-state index < -0.39 is 18.0 Å². The summed E-state index contributed by atoms with van der Waals surface area (Å²) in [4.78, 5) is 23.9. The monoisotopic (exact) mass is 309 g/mol. The number of rotatable bonds is 6. The topological polar surface area (TPSA) is 78.6 Å². The number of nitrogens with two attached hydrogens (primary N) is 1. The molecule has 1 aliphatic rings. The smallest absolute Gasteiger partial charge is 0.340 e. The van der Waals surface area contributed by atoms with E-state index in [2.05, 4.69) is 0 Å². The quantitative estimate of drug-likeness (QED) is 0.642. The largest absolute Gasteiger partial charge is 0.449 e. The maximum absolute atomic E-state index is 12.1. The molecule has 1 heterocycles. The van der Waals surface area contributed by atoms with Gasteiger partial charge in [-0.25, -0.2) is 4.79 Å². The molecule has 6 heteroatoms. The predicted molar refractivity (Wildman–Crippen MR) is 80.2 cm³/mol. The molecule has 0 saturated carbocycles. The molecule has 2 rings (SSSR count). The molecule has 1 aromatic carbocycles. The highest BCUT2D eigenvalue weighted by Crippen LogP contribution is 2.27. The molecule has 0 radical (unpaired) electrons. The lowest BCUT2D eigenvalue weighted by Gasteiger charge is -2.13. The highest BCUT2D eigenvalue weighted by Gasteiger charge is 2.20. The first-order chi connectivity index (χ1) is 10.1. The van der Waals surface area contributed by atoms with Crippen molar-refractivity contribution in [1.29, 1.82) is 0 Å². The maximum atomic E-state index is 12.1. The SMILES string of the molecule is CC(OC(=O)c1ccccc1SCC1CCCO1)C(N)=O. The number of esters is 1. The van der Waals surface area contributed by atoms with Crippen LogP contribution in [0.15, 0.2) is 29.2 Å². The van der Waals surface area contributed by atoms with Gasteiger partial charge in [-0.3, -0.25) is 4.79 Å². The third-order valence-electron chi connectivity index (χ3n) is 3.24. The molecule has 0 aliphatic carbocycles. The van der Waals surface area contributed by atoms with Crippen molar-refractivity contribution in [2.45, 2.75) is 36.9 Å². The zero-order chi connectivity index (χ0) is 15.2. The van der Waals surface area contributed by atoms with Gasteiger partial charge in [0.15, 0.2) is 6.10 Å². The summed E-state index contributed by atoms with van der Waals surface area (Å²) in [6.45, 7) is 2.27. The van der Waals surface area contributed by atoms with Gasteiger partial charge < -0.3 is 15.2 Å². The number of amides is 1. The van der Waals surface area contributed by atoms with Crippen LogP contribution < -0.4 is 5.73 Å². The van der Waals surface area contributed by atoms with Crippen molar-refractivity contribution in [1.82, 2.24) is 0 Å². The van der Waals surface area contributed by atoms with E-state index in [0.29, 0.717) is 5.56 Å². The number of hydrogen-bond acceptors (Lipinski definition) is 5. The van der Waals surface area contributed by atoms with Crippen LogP contribution in [0.4, 0.5) is 0 Å². The number of benzene rings is 1. The Hall–Kier alpha value is -1.53. The molecule has 21 heavy (non-hydrogen) atoms. The summed E-state index contributed by atoms with van der Waals surface area (Å²) in [7, 11) is 0. The fourth-order valence-corrected chi connectivity index (χ4v) is 3.11. The molecule has 2 atom stereocenters. The number of hydrogen-bond donors (Lipinski definition) is 1. The van der Waals surface area contributed by atoms with Crippen LogP contribution in [-0.2, 0) is 14.3 Å². The van der Waals surface area contributed by atoms with Crippen molar-refractivity contribution in [2.24, 2.45) is 5.73 Å². The van der Waals surface area contributed by atoms with E-state index in [0.717, 1.165) is 30.1 Å². The number of primary amides is 1. The van der Waals surface area contributed by atoms with E-state index in [1.165, 1.54) is 6.92 Å². The van der Waals surface area contributed by atoms with Gasteiger partial charge in [-0.2, -0.15) is 0 Å². The Labute approximate surface area is 128 Å². The summed E-state index contributed by atoms with van der Waals surface area (Å²) in [5, 5.41) is 0. The molecular weight excluding hydrogens is 290 g/mol. The van der Waals surface area contributed by atoms with Crippen LogP contribution in [-0.4, -0.2) is 36.4 Å². The Kier molecular flexibility index (Phi) is 5.64. The van der Waals surface area contributed by atoms with Crippen LogP contribution >= 0.6 is 11.8 Å². The van der Waals surface area contributed by atoms with Crippen LogP contribution in [0.5, 0.6) is 0 Å². The number of carbonyl (C=O) groups is 2. The second kappa shape index (κ2) is 7.47. The zero-order valence-electron chi connectivity index (χ0n) is 11.9. The normalized spacial score (nSPS) is 19.2. The summed E-state index contributed by atoms with van der Waals surface area (Å²) in [6, 6.07) is 7.19. The minimum absolute atomic E-state index is 0.239. The van der Waals surface area contributed by atoms with Gasteiger partial charge in [0.05, 0.1) is 11.7 Å². The Balaban J connectivity index is 2.01. The van der Waals surface area contributed by atoms with E-state index >= 15 is 0 Å². The first-order valence-corrected chi connectivity index (χ1v) is 7.90. The second-order valence-corrected chi connectivity index (χ2v) is 5.95. The van der Waals surface area contributed by atoms with Crippen LogP contribution in [0.2, 0.25) is 0 Å². The van der Waals surface area contributed by atoms with Crippen LogP contribution in [0.1, 0.15) is 30.1 Å². The Bertz CT molecular complexity index is 514. The second-order valence-electron chi connectivity index (χ2n) is 4.89. The van der Waals surface area contributed by atoms with Crippen molar-refractivity contribution in [3.63, 3.8) is 0 Å². The summed E-state index contributed by atoms with van der Waals surface area (Å²) < 4.78 is 10.6. The predicted octanol–water partition coefficient (Wildman–Crippen LogP) is 1.99. The average Bonchev–Trinajstić information content (AvgIpc) is 2.98. The molecule has 0 aromatic heterocycles. The first-order valence-electron chi connectivity index (χ1n) is 6.91. The standard InChI is InChI=1S/C15H19NO4S/c1-10(14(16)17)20-15(18)12-6-2-3-7-13(12)21-9-11-5-4-8-19-11/h2-3,6-7,10-11H,4-5,8-9H2,1H3,(H2,16,17). The van der Waals surface area contributed by atoms with E-state index in [9.17, 15) is 9.59 Å². The zero-order valence-corrected chi connectivity index (χ0v) is 12.7. The van der Waals surface area contributed by atoms with Crippen LogP contribution in [0.3, 0.4) is 0 Å². The lowest BCUT2D eigenvalue weighted by atomic mass is 10.2. The van der Waals surface area contributed by atoms with Gasteiger partial charge in [-0.1, -0.05) is 12.1 Å². The molecule has 0 bridgehead atoms. The lowest BCUT2D eigenvalue weighted by molar-refractivity contribution is -0.125. The maximum Gasteiger partial charge on any atom is 0.340 e. The van der Waals surface area contributed by atoms with Crippen molar-refractivity contribution < 1.29 is 19.1 Å². The molecule has 1 aromatic rings. The average molecular weight is 309 g/mol. The summed E-state index contributed by atoms with van der Waals surface area (Å²) in [6.07, 6.45) is 1.45. The van der Waals surface area contributed by atoms with Gasteiger partial charge in [0.25, 0.3) is 5.91 Å². The molecule has 1 aliphatic heterocycles. The van der Waals surface area contributed by atoms with Gasteiger partial charge >= 0.3 is 5.97 Å². The highest BCUT2D eigenvalue weighted by atomic mass is 32.2. The Morgan fingerprint density at radius 2 is 2.24 bits per heavy atom.